The standard InChI is InChI=1S/C19H24N2O4/c1-13(2)9-10-25-16-7-5-14(11-17(16)23-3)19(22)21-15-6-8-18(24-4)20-12-15/h5-8,11-13H,9-10H2,1-4H3,(H,21,22). The molecular weight excluding hydrogens is 320 g/mol. The van der Waals surface area contributed by atoms with Gasteiger partial charge in [-0.3, -0.25) is 4.79 Å². The molecule has 0 fully saturated rings. The van der Waals surface area contributed by atoms with Gasteiger partial charge in [0.15, 0.2) is 11.5 Å². The van der Waals surface area contributed by atoms with Crippen LogP contribution in [0, 0.1) is 5.92 Å². The number of carbonyl (C=O) groups is 1. The Labute approximate surface area is 148 Å². The number of carbonyl (C=O) groups excluding carboxylic acids is 1. The van der Waals surface area contributed by atoms with E-state index in [4.69, 9.17) is 14.2 Å². The molecule has 2 rings (SSSR count). The highest BCUT2D eigenvalue weighted by Crippen LogP contribution is 2.28. The van der Waals surface area contributed by atoms with Gasteiger partial charge in [-0.1, -0.05) is 13.8 Å². The van der Waals surface area contributed by atoms with Crippen molar-refractivity contribution >= 4 is 11.6 Å². The van der Waals surface area contributed by atoms with E-state index in [-0.39, 0.29) is 5.91 Å². The van der Waals surface area contributed by atoms with Crippen LogP contribution in [0.5, 0.6) is 17.4 Å². The highest BCUT2D eigenvalue weighted by atomic mass is 16.5. The summed E-state index contributed by atoms with van der Waals surface area (Å²) in [7, 11) is 3.09. The number of nitrogens with one attached hydrogen (secondary N) is 1. The third-order valence-electron chi connectivity index (χ3n) is 3.58. The van der Waals surface area contributed by atoms with Crippen molar-refractivity contribution in [3.8, 4) is 17.4 Å². The molecule has 0 aliphatic rings. The third-order valence-corrected chi connectivity index (χ3v) is 3.58. The van der Waals surface area contributed by atoms with E-state index in [2.05, 4.69) is 24.1 Å². The molecule has 1 N–H and O–H groups in total. The Kier molecular flexibility index (Phi) is 6.62. The third kappa shape index (κ3) is 5.38. The number of amides is 1. The molecule has 0 atom stereocenters. The smallest absolute Gasteiger partial charge is 0.255 e. The quantitative estimate of drug-likeness (QED) is 0.789. The zero-order valence-electron chi connectivity index (χ0n) is 15.0. The van der Waals surface area contributed by atoms with E-state index in [9.17, 15) is 4.79 Å². The second-order valence-corrected chi connectivity index (χ2v) is 5.94. The van der Waals surface area contributed by atoms with Crippen LogP contribution in [0.2, 0.25) is 0 Å². The second kappa shape index (κ2) is 8.92. The van der Waals surface area contributed by atoms with Crippen molar-refractivity contribution in [3.63, 3.8) is 0 Å². The lowest BCUT2D eigenvalue weighted by Crippen LogP contribution is -2.12. The number of ether oxygens (including phenoxy) is 3. The fourth-order valence-corrected chi connectivity index (χ4v) is 2.11. The zero-order chi connectivity index (χ0) is 18.2. The Morgan fingerprint density at radius 2 is 1.92 bits per heavy atom. The van der Waals surface area contributed by atoms with Crippen molar-refractivity contribution in [2.24, 2.45) is 5.92 Å². The van der Waals surface area contributed by atoms with Gasteiger partial charge in [0.1, 0.15) is 0 Å². The minimum atomic E-state index is -0.251. The van der Waals surface area contributed by atoms with E-state index in [1.807, 2.05) is 0 Å². The molecule has 1 aromatic heterocycles. The summed E-state index contributed by atoms with van der Waals surface area (Å²) in [6.07, 6.45) is 2.49. The summed E-state index contributed by atoms with van der Waals surface area (Å²) in [5.41, 5.74) is 1.06. The maximum atomic E-state index is 12.4. The largest absolute Gasteiger partial charge is 0.493 e. The Hall–Kier alpha value is -2.76. The molecule has 0 saturated carbocycles. The van der Waals surface area contributed by atoms with E-state index < -0.39 is 0 Å². The number of hydrogen-bond acceptors (Lipinski definition) is 5. The van der Waals surface area contributed by atoms with Crippen LogP contribution in [0.25, 0.3) is 0 Å². The molecular formula is C19H24N2O4. The van der Waals surface area contributed by atoms with Crippen molar-refractivity contribution in [1.82, 2.24) is 4.98 Å². The fourth-order valence-electron chi connectivity index (χ4n) is 2.11. The molecule has 6 heteroatoms. The normalized spacial score (nSPS) is 10.4. The van der Waals surface area contributed by atoms with Crippen LogP contribution in [0.4, 0.5) is 5.69 Å². The predicted octanol–water partition coefficient (Wildman–Crippen LogP) is 3.78. The first-order valence-electron chi connectivity index (χ1n) is 8.15. The summed E-state index contributed by atoms with van der Waals surface area (Å²) in [5.74, 6) is 1.96. The Morgan fingerprint density at radius 1 is 1.12 bits per heavy atom. The van der Waals surface area contributed by atoms with E-state index >= 15 is 0 Å². The minimum Gasteiger partial charge on any atom is -0.493 e. The predicted molar refractivity (Wildman–Crippen MR) is 96.7 cm³/mol. The number of nitrogens with zero attached hydrogens (tertiary/aromatic N) is 1. The fraction of sp³-hybridized carbons (Fsp3) is 0.368. The van der Waals surface area contributed by atoms with Crippen molar-refractivity contribution in [2.75, 3.05) is 26.1 Å². The number of hydrogen-bond donors (Lipinski definition) is 1. The molecule has 25 heavy (non-hydrogen) atoms. The van der Waals surface area contributed by atoms with E-state index in [1.165, 1.54) is 13.3 Å². The average molecular weight is 344 g/mol. The van der Waals surface area contributed by atoms with E-state index in [0.717, 1.165) is 6.42 Å². The van der Waals surface area contributed by atoms with Crippen LogP contribution in [-0.4, -0.2) is 31.7 Å². The van der Waals surface area contributed by atoms with E-state index in [0.29, 0.717) is 41.2 Å². The summed E-state index contributed by atoms with van der Waals surface area (Å²) in [4.78, 5) is 16.4. The molecule has 1 aromatic carbocycles. The van der Waals surface area contributed by atoms with Gasteiger partial charge in [0, 0.05) is 11.6 Å². The summed E-state index contributed by atoms with van der Waals surface area (Å²) in [6.45, 7) is 4.89. The summed E-state index contributed by atoms with van der Waals surface area (Å²) >= 11 is 0. The highest BCUT2D eigenvalue weighted by Gasteiger charge is 2.12. The van der Waals surface area contributed by atoms with Crippen LogP contribution >= 0.6 is 0 Å². The van der Waals surface area contributed by atoms with Crippen LogP contribution in [0.3, 0.4) is 0 Å². The molecule has 1 heterocycles. The summed E-state index contributed by atoms with van der Waals surface area (Å²) in [5, 5.41) is 2.79. The highest BCUT2D eigenvalue weighted by molar-refractivity contribution is 6.04. The van der Waals surface area contributed by atoms with Gasteiger partial charge in [-0.2, -0.15) is 0 Å². The Balaban J connectivity index is 2.06. The van der Waals surface area contributed by atoms with Gasteiger partial charge in [0.25, 0.3) is 5.91 Å². The molecule has 0 bridgehead atoms. The van der Waals surface area contributed by atoms with Crippen molar-refractivity contribution in [3.05, 3.63) is 42.1 Å². The molecule has 0 saturated heterocycles. The van der Waals surface area contributed by atoms with Crippen LogP contribution < -0.4 is 19.5 Å². The first-order chi connectivity index (χ1) is 12.0. The molecule has 0 unspecified atom stereocenters. The molecule has 6 nitrogen and oxygen atoms in total. The van der Waals surface area contributed by atoms with Crippen LogP contribution in [0.15, 0.2) is 36.5 Å². The van der Waals surface area contributed by atoms with Crippen molar-refractivity contribution in [2.45, 2.75) is 20.3 Å². The number of anilines is 1. The SMILES string of the molecule is COc1ccc(NC(=O)c2ccc(OCCC(C)C)c(OC)c2)cn1. The van der Waals surface area contributed by atoms with E-state index in [1.54, 1.807) is 37.4 Å². The monoisotopic (exact) mass is 344 g/mol. The Bertz CT molecular complexity index is 699. The lowest BCUT2D eigenvalue weighted by Gasteiger charge is -2.13. The lowest BCUT2D eigenvalue weighted by atomic mass is 10.1. The number of pyridine rings is 1. The maximum Gasteiger partial charge on any atom is 0.255 e. The van der Waals surface area contributed by atoms with Crippen LogP contribution in [0.1, 0.15) is 30.6 Å². The topological polar surface area (TPSA) is 69.7 Å². The molecule has 0 spiro atoms. The summed E-state index contributed by atoms with van der Waals surface area (Å²) in [6, 6.07) is 8.53. The molecule has 0 aliphatic heterocycles. The number of rotatable bonds is 8. The zero-order valence-corrected chi connectivity index (χ0v) is 15.0. The molecule has 2 aromatic rings. The van der Waals surface area contributed by atoms with Crippen molar-refractivity contribution < 1.29 is 19.0 Å². The first kappa shape index (κ1) is 18.6. The van der Waals surface area contributed by atoms with Crippen molar-refractivity contribution in [1.29, 1.82) is 0 Å². The van der Waals surface area contributed by atoms with Gasteiger partial charge in [-0.25, -0.2) is 4.98 Å². The molecule has 0 radical (unpaired) electrons. The van der Waals surface area contributed by atoms with Gasteiger partial charge < -0.3 is 19.5 Å². The molecule has 134 valence electrons. The van der Waals surface area contributed by atoms with Gasteiger partial charge in [-0.15, -0.1) is 0 Å². The minimum absolute atomic E-state index is 0.251. The Morgan fingerprint density at radius 3 is 2.52 bits per heavy atom. The lowest BCUT2D eigenvalue weighted by molar-refractivity contribution is 0.102. The second-order valence-electron chi connectivity index (χ2n) is 5.94. The maximum absolute atomic E-state index is 12.4. The average Bonchev–Trinajstić information content (AvgIpc) is 2.62. The van der Waals surface area contributed by atoms with Crippen LogP contribution in [-0.2, 0) is 0 Å². The van der Waals surface area contributed by atoms with Gasteiger partial charge in [0.2, 0.25) is 5.88 Å². The number of aromatic nitrogens is 1. The van der Waals surface area contributed by atoms with Gasteiger partial charge in [-0.05, 0) is 36.6 Å². The number of benzene rings is 1. The molecule has 0 aliphatic carbocycles. The molecule has 1 amide bonds. The van der Waals surface area contributed by atoms with Gasteiger partial charge in [0.05, 0.1) is 32.7 Å². The van der Waals surface area contributed by atoms with Gasteiger partial charge >= 0.3 is 0 Å². The number of methoxy groups -OCH3 is 2. The summed E-state index contributed by atoms with van der Waals surface area (Å²) < 4.78 is 16.1. The first-order valence-corrected chi connectivity index (χ1v) is 8.15.